The highest BCUT2D eigenvalue weighted by Gasteiger charge is 2.04. The molecule has 0 N–H and O–H groups in total. The minimum Gasteiger partial charge on any atom is -0.249 e. The largest absolute Gasteiger partial charge is 0.249 e. The Bertz CT molecular complexity index is 305. The fourth-order valence-electron chi connectivity index (χ4n) is 0.680. The topological polar surface area (TPSA) is 36.7 Å². The van der Waals surface area contributed by atoms with E-state index in [2.05, 4.69) is 4.98 Å². The summed E-state index contributed by atoms with van der Waals surface area (Å²) in [4.78, 5) is 3.83. The molecule has 0 unspecified atom stereocenters. The van der Waals surface area contributed by atoms with Gasteiger partial charge >= 0.3 is 0 Å². The number of hydrogen-bond donors (Lipinski definition) is 0. The third-order valence-electron chi connectivity index (χ3n) is 1.22. The van der Waals surface area contributed by atoms with Gasteiger partial charge in [0.2, 0.25) is 6.43 Å². The molecule has 2 nitrogen and oxygen atoms in total. The van der Waals surface area contributed by atoms with Crippen LogP contribution in [0, 0.1) is 11.3 Å². The Labute approximate surface area is 78.6 Å². The average molecular weight is 200 g/mol. The second kappa shape index (κ2) is 4.77. The van der Waals surface area contributed by atoms with Gasteiger partial charge in [-0.25, -0.2) is 13.8 Å². The maximum absolute atomic E-state index is 11.8. The van der Waals surface area contributed by atoms with Gasteiger partial charge in [-0.2, -0.15) is 5.26 Å². The first-order chi connectivity index (χ1) is 6.22. The van der Waals surface area contributed by atoms with Crippen molar-refractivity contribution in [2.75, 3.05) is 5.75 Å². The van der Waals surface area contributed by atoms with E-state index in [1.54, 1.807) is 12.1 Å². The molecule has 0 atom stereocenters. The molecule has 1 aromatic heterocycles. The van der Waals surface area contributed by atoms with E-state index in [1.165, 1.54) is 6.20 Å². The van der Waals surface area contributed by atoms with Gasteiger partial charge in [0.25, 0.3) is 0 Å². The van der Waals surface area contributed by atoms with Gasteiger partial charge in [-0.3, -0.25) is 0 Å². The molecular weight excluding hydrogens is 194 g/mol. The van der Waals surface area contributed by atoms with Crippen LogP contribution in [0.1, 0.15) is 5.56 Å². The van der Waals surface area contributed by atoms with Crippen LogP contribution in [0.15, 0.2) is 23.4 Å². The zero-order valence-corrected chi connectivity index (χ0v) is 7.39. The molecule has 68 valence electrons. The average Bonchev–Trinajstić information content (AvgIpc) is 2.15. The molecule has 1 aromatic rings. The Morgan fingerprint density at radius 3 is 2.77 bits per heavy atom. The molecule has 0 bridgehead atoms. The van der Waals surface area contributed by atoms with Crippen molar-refractivity contribution >= 4 is 11.8 Å². The van der Waals surface area contributed by atoms with E-state index in [0.717, 1.165) is 11.8 Å². The summed E-state index contributed by atoms with van der Waals surface area (Å²) in [6.07, 6.45) is -0.962. The van der Waals surface area contributed by atoms with Gasteiger partial charge in [0.05, 0.1) is 16.3 Å². The summed E-state index contributed by atoms with van der Waals surface area (Å²) in [5, 5.41) is 8.94. The highest BCUT2D eigenvalue weighted by atomic mass is 32.2. The molecule has 1 heterocycles. The zero-order valence-electron chi connectivity index (χ0n) is 6.58. The van der Waals surface area contributed by atoms with Gasteiger partial charge in [0, 0.05) is 6.20 Å². The van der Waals surface area contributed by atoms with E-state index in [9.17, 15) is 8.78 Å². The van der Waals surface area contributed by atoms with Crippen molar-refractivity contribution in [1.29, 1.82) is 5.26 Å². The summed E-state index contributed by atoms with van der Waals surface area (Å²) in [5.74, 6) is -0.265. The Morgan fingerprint density at radius 1 is 1.54 bits per heavy atom. The molecular formula is C8H6F2N2S. The first kappa shape index (κ1) is 9.93. The van der Waals surface area contributed by atoms with Gasteiger partial charge in [-0.05, 0) is 12.1 Å². The van der Waals surface area contributed by atoms with Crippen molar-refractivity contribution in [3.05, 3.63) is 23.9 Å². The lowest BCUT2D eigenvalue weighted by molar-refractivity contribution is 0.177. The lowest BCUT2D eigenvalue weighted by Gasteiger charge is -1.98. The number of alkyl halides is 2. The van der Waals surface area contributed by atoms with Crippen molar-refractivity contribution in [3.8, 4) is 6.07 Å². The Hall–Kier alpha value is -1.15. The Balaban J connectivity index is 2.55. The number of nitriles is 1. The lowest BCUT2D eigenvalue weighted by Crippen LogP contribution is -1.94. The van der Waals surface area contributed by atoms with Crippen LogP contribution >= 0.6 is 11.8 Å². The van der Waals surface area contributed by atoms with Crippen LogP contribution in [0.2, 0.25) is 0 Å². The van der Waals surface area contributed by atoms with Crippen LogP contribution in [0.3, 0.4) is 0 Å². The van der Waals surface area contributed by atoms with Crippen molar-refractivity contribution < 1.29 is 8.78 Å². The summed E-state index contributed by atoms with van der Waals surface area (Å²) >= 11 is 0.977. The molecule has 0 aromatic carbocycles. The molecule has 0 radical (unpaired) electrons. The number of halogens is 2. The zero-order chi connectivity index (χ0) is 9.68. The fourth-order valence-corrected chi connectivity index (χ4v) is 1.27. The van der Waals surface area contributed by atoms with E-state index in [-0.39, 0.29) is 5.75 Å². The van der Waals surface area contributed by atoms with Gasteiger partial charge < -0.3 is 0 Å². The second-order valence-corrected chi connectivity index (χ2v) is 3.24. The predicted octanol–water partition coefficient (Wildman–Crippen LogP) is 2.31. The van der Waals surface area contributed by atoms with Crippen molar-refractivity contribution in [2.45, 2.75) is 11.5 Å². The molecule has 0 saturated heterocycles. The SMILES string of the molecule is N#Cc1ccc(SCC(F)F)nc1. The summed E-state index contributed by atoms with van der Waals surface area (Å²) in [7, 11) is 0. The molecule has 0 fully saturated rings. The van der Waals surface area contributed by atoms with E-state index in [0.29, 0.717) is 10.6 Å². The molecule has 1 rings (SSSR count). The standard InChI is InChI=1S/C8H6F2N2S/c9-7(10)5-13-8-2-1-6(3-11)4-12-8/h1-2,4,7H,5H2. The third-order valence-corrected chi connectivity index (χ3v) is 2.18. The summed E-state index contributed by atoms with van der Waals surface area (Å²) in [6.45, 7) is 0. The Morgan fingerprint density at radius 2 is 2.31 bits per heavy atom. The van der Waals surface area contributed by atoms with Crippen molar-refractivity contribution in [2.24, 2.45) is 0 Å². The minimum absolute atomic E-state index is 0.265. The fraction of sp³-hybridized carbons (Fsp3) is 0.250. The number of aromatic nitrogens is 1. The Kier molecular flexibility index (Phi) is 3.65. The van der Waals surface area contributed by atoms with Crippen LogP contribution in [-0.4, -0.2) is 17.2 Å². The van der Waals surface area contributed by atoms with Crippen LogP contribution in [0.4, 0.5) is 8.78 Å². The summed E-state index contributed by atoms with van der Waals surface area (Å²) in [5.41, 5.74) is 0.432. The molecule has 0 amide bonds. The van der Waals surface area contributed by atoms with Gasteiger partial charge in [0.1, 0.15) is 6.07 Å². The van der Waals surface area contributed by atoms with Crippen LogP contribution in [0.25, 0.3) is 0 Å². The lowest BCUT2D eigenvalue weighted by atomic mass is 10.3. The van der Waals surface area contributed by atoms with Crippen LogP contribution in [-0.2, 0) is 0 Å². The number of hydrogen-bond acceptors (Lipinski definition) is 3. The predicted molar refractivity (Wildman–Crippen MR) is 45.7 cm³/mol. The van der Waals surface area contributed by atoms with E-state index >= 15 is 0 Å². The van der Waals surface area contributed by atoms with Gasteiger partial charge in [-0.15, -0.1) is 11.8 Å². The summed E-state index contributed by atoms with van der Waals surface area (Å²) in [6, 6.07) is 5.02. The van der Waals surface area contributed by atoms with Crippen molar-refractivity contribution in [3.63, 3.8) is 0 Å². The molecule has 5 heteroatoms. The second-order valence-electron chi connectivity index (χ2n) is 2.20. The highest BCUT2D eigenvalue weighted by Crippen LogP contribution is 2.17. The number of nitrogens with zero attached hydrogens (tertiary/aromatic N) is 2. The molecule has 0 spiro atoms. The minimum atomic E-state index is -2.33. The molecule has 0 aliphatic carbocycles. The van der Waals surface area contributed by atoms with Gasteiger partial charge in [0.15, 0.2) is 0 Å². The normalized spacial score (nSPS) is 10.0. The number of rotatable bonds is 3. The highest BCUT2D eigenvalue weighted by molar-refractivity contribution is 7.99. The quantitative estimate of drug-likeness (QED) is 0.702. The monoisotopic (exact) mass is 200 g/mol. The smallest absolute Gasteiger partial charge is 0.247 e. The molecule has 0 aliphatic heterocycles. The maximum Gasteiger partial charge on any atom is 0.247 e. The summed E-state index contributed by atoms with van der Waals surface area (Å²) < 4.78 is 23.5. The molecule has 0 saturated carbocycles. The number of pyridine rings is 1. The van der Waals surface area contributed by atoms with E-state index in [1.807, 2.05) is 6.07 Å². The van der Waals surface area contributed by atoms with E-state index in [4.69, 9.17) is 5.26 Å². The molecule has 13 heavy (non-hydrogen) atoms. The first-order valence-electron chi connectivity index (χ1n) is 3.49. The first-order valence-corrected chi connectivity index (χ1v) is 4.48. The molecule has 0 aliphatic rings. The third kappa shape index (κ3) is 3.38. The van der Waals surface area contributed by atoms with Crippen LogP contribution in [0.5, 0.6) is 0 Å². The van der Waals surface area contributed by atoms with Crippen molar-refractivity contribution in [1.82, 2.24) is 4.98 Å². The van der Waals surface area contributed by atoms with Crippen LogP contribution < -0.4 is 0 Å². The number of thioether (sulfide) groups is 1. The van der Waals surface area contributed by atoms with E-state index < -0.39 is 6.43 Å². The van der Waals surface area contributed by atoms with Gasteiger partial charge in [-0.1, -0.05) is 0 Å². The maximum atomic E-state index is 11.8.